The Morgan fingerprint density at radius 3 is 2.50 bits per heavy atom. The highest BCUT2D eigenvalue weighted by atomic mass is 35.5. The number of rotatable bonds is 2. The van der Waals surface area contributed by atoms with E-state index in [9.17, 15) is 0 Å². The number of benzene rings is 1. The van der Waals surface area contributed by atoms with Gasteiger partial charge in [0.15, 0.2) is 0 Å². The minimum Gasteiger partial charge on any atom is -0.378 e. The van der Waals surface area contributed by atoms with Crippen LogP contribution in [-0.4, -0.2) is 31.3 Å². The number of halogens is 2. The molecule has 2 heterocycles. The van der Waals surface area contributed by atoms with Crippen LogP contribution in [0.25, 0.3) is 11.1 Å². The van der Waals surface area contributed by atoms with Gasteiger partial charge in [-0.2, -0.15) is 0 Å². The molecule has 1 saturated heterocycles. The summed E-state index contributed by atoms with van der Waals surface area (Å²) in [5.74, 6) is 0.974. The van der Waals surface area contributed by atoms with Gasteiger partial charge in [0.1, 0.15) is 5.82 Å². The average Bonchev–Trinajstić information content (AvgIpc) is 2.48. The number of aromatic nitrogens is 1. The second kappa shape index (κ2) is 6.00. The molecular weight excluding hydrogens is 295 g/mol. The SMILES string of the molecule is Clc1ccc(-c2ccc(N3CCOCC3)nc2)c(Cl)c1. The summed E-state index contributed by atoms with van der Waals surface area (Å²) in [6.07, 6.45) is 1.85. The molecule has 20 heavy (non-hydrogen) atoms. The monoisotopic (exact) mass is 308 g/mol. The van der Waals surface area contributed by atoms with Crippen LogP contribution in [0.2, 0.25) is 10.0 Å². The number of morpholine rings is 1. The van der Waals surface area contributed by atoms with Gasteiger partial charge in [-0.25, -0.2) is 4.98 Å². The summed E-state index contributed by atoms with van der Waals surface area (Å²) in [6, 6.07) is 9.54. The number of ether oxygens (including phenoxy) is 1. The van der Waals surface area contributed by atoms with E-state index in [1.54, 1.807) is 6.07 Å². The molecule has 0 saturated carbocycles. The van der Waals surface area contributed by atoms with E-state index in [2.05, 4.69) is 9.88 Å². The van der Waals surface area contributed by atoms with Crippen LogP contribution >= 0.6 is 23.2 Å². The molecule has 0 amide bonds. The number of hydrogen-bond donors (Lipinski definition) is 0. The summed E-state index contributed by atoms with van der Waals surface area (Å²) in [7, 11) is 0. The summed E-state index contributed by atoms with van der Waals surface area (Å²) >= 11 is 12.1. The molecule has 0 atom stereocenters. The Balaban J connectivity index is 1.85. The maximum Gasteiger partial charge on any atom is 0.128 e. The molecule has 3 rings (SSSR count). The van der Waals surface area contributed by atoms with Crippen molar-refractivity contribution in [1.82, 2.24) is 4.98 Å². The van der Waals surface area contributed by atoms with E-state index in [0.717, 1.165) is 43.2 Å². The highest BCUT2D eigenvalue weighted by Gasteiger charge is 2.12. The third-order valence-electron chi connectivity index (χ3n) is 3.33. The lowest BCUT2D eigenvalue weighted by Gasteiger charge is -2.27. The van der Waals surface area contributed by atoms with Crippen LogP contribution in [0.3, 0.4) is 0 Å². The van der Waals surface area contributed by atoms with Crippen LogP contribution in [0.1, 0.15) is 0 Å². The fraction of sp³-hybridized carbons (Fsp3) is 0.267. The molecule has 0 aliphatic carbocycles. The zero-order chi connectivity index (χ0) is 13.9. The quantitative estimate of drug-likeness (QED) is 0.841. The zero-order valence-corrected chi connectivity index (χ0v) is 12.4. The average molecular weight is 309 g/mol. The van der Waals surface area contributed by atoms with Gasteiger partial charge in [-0.1, -0.05) is 29.3 Å². The standard InChI is InChI=1S/C15H14Cl2N2O/c16-12-2-3-13(14(17)9-12)11-1-4-15(18-10-11)19-5-7-20-8-6-19/h1-4,9-10H,5-8H2. The Hall–Kier alpha value is -1.29. The van der Waals surface area contributed by atoms with E-state index in [1.807, 2.05) is 30.5 Å². The molecule has 1 fully saturated rings. The van der Waals surface area contributed by atoms with Crippen molar-refractivity contribution in [2.75, 3.05) is 31.2 Å². The summed E-state index contributed by atoms with van der Waals surface area (Å²) in [4.78, 5) is 6.74. The first kappa shape index (κ1) is 13.7. The molecule has 0 radical (unpaired) electrons. The summed E-state index contributed by atoms with van der Waals surface area (Å²) < 4.78 is 5.34. The molecule has 104 valence electrons. The van der Waals surface area contributed by atoms with Crippen LogP contribution < -0.4 is 4.90 Å². The Kier molecular flexibility index (Phi) is 4.10. The second-order valence-electron chi connectivity index (χ2n) is 4.63. The van der Waals surface area contributed by atoms with Crippen molar-refractivity contribution in [2.45, 2.75) is 0 Å². The third-order valence-corrected chi connectivity index (χ3v) is 3.87. The van der Waals surface area contributed by atoms with Crippen LogP contribution in [0.15, 0.2) is 36.5 Å². The molecule has 1 aromatic carbocycles. The van der Waals surface area contributed by atoms with Crippen molar-refractivity contribution in [3.8, 4) is 11.1 Å². The van der Waals surface area contributed by atoms with Gasteiger partial charge in [-0.05, 0) is 24.3 Å². The van der Waals surface area contributed by atoms with Crippen molar-refractivity contribution in [1.29, 1.82) is 0 Å². The second-order valence-corrected chi connectivity index (χ2v) is 5.47. The number of hydrogen-bond acceptors (Lipinski definition) is 3. The first-order chi connectivity index (χ1) is 9.74. The maximum atomic E-state index is 6.21. The minimum atomic E-state index is 0.636. The van der Waals surface area contributed by atoms with Gasteiger partial charge in [0.25, 0.3) is 0 Å². The van der Waals surface area contributed by atoms with Crippen LogP contribution in [0.5, 0.6) is 0 Å². The van der Waals surface area contributed by atoms with Crippen molar-refractivity contribution in [3.05, 3.63) is 46.6 Å². The highest BCUT2D eigenvalue weighted by Crippen LogP contribution is 2.30. The first-order valence-corrected chi connectivity index (χ1v) is 7.24. The molecule has 0 unspecified atom stereocenters. The van der Waals surface area contributed by atoms with Crippen molar-refractivity contribution >= 4 is 29.0 Å². The molecule has 1 aliphatic rings. The fourth-order valence-corrected chi connectivity index (χ4v) is 2.77. The van der Waals surface area contributed by atoms with E-state index in [-0.39, 0.29) is 0 Å². The lowest BCUT2D eigenvalue weighted by atomic mass is 10.1. The predicted octanol–water partition coefficient (Wildman–Crippen LogP) is 3.89. The maximum absolute atomic E-state index is 6.21. The molecule has 0 N–H and O–H groups in total. The summed E-state index contributed by atoms with van der Waals surface area (Å²) in [5.41, 5.74) is 1.93. The fourth-order valence-electron chi connectivity index (χ4n) is 2.25. The summed E-state index contributed by atoms with van der Waals surface area (Å²) in [6.45, 7) is 3.28. The van der Waals surface area contributed by atoms with Crippen molar-refractivity contribution in [3.63, 3.8) is 0 Å². The van der Waals surface area contributed by atoms with Gasteiger partial charge in [-0.15, -0.1) is 0 Å². The van der Waals surface area contributed by atoms with Crippen LogP contribution in [0, 0.1) is 0 Å². The van der Waals surface area contributed by atoms with Crippen LogP contribution in [-0.2, 0) is 4.74 Å². The Labute approximate surface area is 128 Å². The Morgan fingerprint density at radius 1 is 1.05 bits per heavy atom. The van der Waals surface area contributed by atoms with Gasteiger partial charge in [-0.3, -0.25) is 0 Å². The zero-order valence-electron chi connectivity index (χ0n) is 10.9. The van der Waals surface area contributed by atoms with E-state index in [1.165, 1.54) is 0 Å². The molecule has 1 aliphatic heterocycles. The van der Waals surface area contributed by atoms with Gasteiger partial charge >= 0.3 is 0 Å². The molecule has 0 bridgehead atoms. The largest absolute Gasteiger partial charge is 0.378 e. The molecular formula is C15H14Cl2N2O. The minimum absolute atomic E-state index is 0.636. The number of nitrogens with zero attached hydrogens (tertiary/aromatic N) is 2. The summed E-state index contributed by atoms with van der Waals surface area (Å²) in [5, 5.41) is 1.27. The van der Waals surface area contributed by atoms with E-state index < -0.39 is 0 Å². The molecule has 0 spiro atoms. The number of anilines is 1. The van der Waals surface area contributed by atoms with Crippen molar-refractivity contribution in [2.24, 2.45) is 0 Å². The molecule has 5 heteroatoms. The van der Waals surface area contributed by atoms with Gasteiger partial charge in [0.2, 0.25) is 0 Å². The molecule has 3 nitrogen and oxygen atoms in total. The van der Waals surface area contributed by atoms with E-state index >= 15 is 0 Å². The first-order valence-electron chi connectivity index (χ1n) is 6.48. The lowest BCUT2D eigenvalue weighted by Crippen LogP contribution is -2.36. The third kappa shape index (κ3) is 2.90. The highest BCUT2D eigenvalue weighted by molar-refractivity contribution is 6.36. The number of pyridine rings is 1. The molecule has 2 aromatic rings. The smallest absolute Gasteiger partial charge is 0.128 e. The van der Waals surface area contributed by atoms with Crippen LogP contribution in [0.4, 0.5) is 5.82 Å². The predicted molar refractivity (Wildman–Crippen MR) is 82.7 cm³/mol. The van der Waals surface area contributed by atoms with E-state index in [4.69, 9.17) is 27.9 Å². The Morgan fingerprint density at radius 2 is 1.85 bits per heavy atom. The normalized spacial score (nSPS) is 15.4. The van der Waals surface area contributed by atoms with Gasteiger partial charge in [0.05, 0.1) is 13.2 Å². The molecule has 1 aromatic heterocycles. The van der Waals surface area contributed by atoms with E-state index in [0.29, 0.717) is 10.0 Å². The topological polar surface area (TPSA) is 25.4 Å². The Bertz CT molecular complexity index is 595. The van der Waals surface area contributed by atoms with Gasteiger partial charge < -0.3 is 9.64 Å². The lowest BCUT2D eigenvalue weighted by molar-refractivity contribution is 0.122. The van der Waals surface area contributed by atoms with Gasteiger partial charge in [0, 0.05) is 40.5 Å². The van der Waals surface area contributed by atoms with Crippen molar-refractivity contribution < 1.29 is 4.74 Å².